The van der Waals surface area contributed by atoms with Gasteiger partial charge in [0.15, 0.2) is 5.78 Å². The zero-order valence-corrected chi connectivity index (χ0v) is 10.7. The summed E-state index contributed by atoms with van der Waals surface area (Å²) in [4.78, 5) is 12.1. The first kappa shape index (κ1) is 12.3. The lowest BCUT2D eigenvalue weighted by Gasteiger charge is -2.21. The SMILES string of the molecule is Cc1cc(C)cc(CC(=O)C2CCCCO2)c1. The van der Waals surface area contributed by atoms with Gasteiger partial charge < -0.3 is 4.74 Å². The van der Waals surface area contributed by atoms with E-state index in [1.165, 1.54) is 11.1 Å². The van der Waals surface area contributed by atoms with Crippen molar-refractivity contribution in [3.05, 3.63) is 34.9 Å². The van der Waals surface area contributed by atoms with E-state index in [1.807, 2.05) is 0 Å². The molecule has 1 atom stereocenters. The summed E-state index contributed by atoms with van der Waals surface area (Å²) in [5, 5.41) is 0. The van der Waals surface area contributed by atoms with E-state index >= 15 is 0 Å². The molecule has 2 heteroatoms. The Hall–Kier alpha value is -1.15. The van der Waals surface area contributed by atoms with Crippen molar-refractivity contribution in [2.75, 3.05) is 6.61 Å². The molecule has 1 aromatic carbocycles. The first-order valence-corrected chi connectivity index (χ1v) is 6.36. The van der Waals surface area contributed by atoms with E-state index in [4.69, 9.17) is 4.74 Å². The fourth-order valence-corrected chi connectivity index (χ4v) is 2.48. The van der Waals surface area contributed by atoms with Crippen molar-refractivity contribution in [2.45, 2.75) is 45.6 Å². The molecule has 0 bridgehead atoms. The smallest absolute Gasteiger partial charge is 0.165 e. The highest BCUT2D eigenvalue weighted by molar-refractivity contribution is 5.85. The maximum Gasteiger partial charge on any atom is 0.165 e. The van der Waals surface area contributed by atoms with Crippen LogP contribution in [0.15, 0.2) is 18.2 Å². The third-order valence-corrected chi connectivity index (χ3v) is 3.20. The number of rotatable bonds is 3. The van der Waals surface area contributed by atoms with Gasteiger partial charge in [-0.05, 0) is 38.7 Å². The summed E-state index contributed by atoms with van der Waals surface area (Å²) in [5.74, 6) is 0.231. The normalized spacial score (nSPS) is 20.2. The number of aryl methyl sites for hydroxylation is 2. The third kappa shape index (κ3) is 3.40. The van der Waals surface area contributed by atoms with Gasteiger partial charge >= 0.3 is 0 Å². The number of benzene rings is 1. The van der Waals surface area contributed by atoms with Crippen LogP contribution in [0.3, 0.4) is 0 Å². The lowest BCUT2D eigenvalue weighted by molar-refractivity contribution is -0.132. The molecule has 1 aliphatic heterocycles. The predicted molar refractivity (Wildman–Crippen MR) is 68.2 cm³/mol. The average Bonchev–Trinajstić information content (AvgIpc) is 2.28. The van der Waals surface area contributed by atoms with Crippen LogP contribution in [0.1, 0.15) is 36.0 Å². The standard InChI is InChI=1S/C15H20O2/c1-11-7-12(2)9-13(8-11)10-14(16)15-5-3-4-6-17-15/h7-9,15H,3-6,10H2,1-2H3. The lowest BCUT2D eigenvalue weighted by atomic mass is 9.98. The molecule has 1 aromatic rings. The zero-order chi connectivity index (χ0) is 12.3. The van der Waals surface area contributed by atoms with Crippen LogP contribution in [-0.2, 0) is 16.0 Å². The summed E-state index contributed by atoms with van der Waals surface area (Å²) in [5.41, 5.74) is 3.55. The van der Waals surface area contributed by atoms with E-state index in [0.717, 1.165) is 31.4 Å². The number of ether oxygens (including phenoxy) is 1. The second kappa shape index (κ2) is 5.46. The van der Waals surface area contributed by atoms with E-state index in [2.05, 4.69) is 32.0 Å². The molecule has 17 heavy (non-hydrogen) atoms. The molecule has 0 radical (unpaired) electrons. The fourth-order valence-electron chi connectivity index (χ4n) is 2.48. The maximum atomic E-state index is 12.1. The number of hydrogen-bond acceptors (Lipinski definition) is 2. The molecule has 0 amide bonds. The Bertz CT molecular complexity index is 383. The zero-order valence-electron chi connectivity index (χ0n) is 10.7. The Labute approximate surface area is 103 Å². The van der Waals surface area contributed by atoms with Crippen LogP contribution in [-0.4, -0.2) is 18.5 Å². The number of carbonyl (C=O) groups excluding carboxylic acids is 1. The fraction of sp³-hybridized carbons (Fsp3) is 0.533. The second-order valence-electron chi connectivity index (χ2n) is 4.99. The molecule has 0 aliphatic carbocycles. The number of hydrogen-bond donors (Lipinski definition) is 0. The van der Waals surface area contributed by atoms with E-state index in [9.17, 15) is 4.79 Å². The summed E-state index contributed by atoms with van der Waals surface area (Å²) in [6.07, 6.45) is 3.44. The number of ketones is 1. The van der Waals surface area contributed by atoms with Crippen LogP contribution in [0.25, 0.3) is 0 Å². The van der Waals surface area contributed by atoms with E-state index < -0.39 is 0 Å². The Morgan fingerprint density at radius 2 is 1.94 bits per heavy atom. The average molecular weight is 232 g/mol. The largest absolute Gasteiger partial charge is 0.370 e. The summed E-state index contributed by atoms with van der Waals surface area (Å²) < 4.78 is 5.52. The van der Waals surface area contributed by atoms with Crippen molar-refractivity contribution >= 4 is 5.78 Å². The highest BCUT2D eigenvalue weighted by Gasteiger charge is 2.21. The molecule has 0 spiro atoms. The Morgan fingerprint density at radius 1 is 1.24 bits per heavy atom. The van der Waals surface area contributed by atoms with Crippen LogP contribution in [0, 0.1) is 13.8 Å². The molecule has 2 rings (SSSR count). The van der Waals surface area contributed by atoms with E-state index in [0.29, 0.717) is 6.42 Å². The summed E-state index contributed by atoms with van der Waals surface area (Å²) >= 11 is 0. The topological polar surface area (TPSA) is 26.3 Å². The van der Waals surface area contributed by atoms with Gasteiger partial charge in [0, 0.05) is 13.0 Å². The predicted octanol–water partition coefficient (Wildman–Crippen LogP) is 2.98. The summed E-state index contributed by atoms with van der Waals surface area (Å²) in [6.45, 7) is 4.87. The Balaban J connectivity index is 2.01. The molecule has 2 nitrogen and oxygen atoms in total. The van der Waals surface area contributed by atoms with Crippen molar-refractivity contribution in [3.63, 3.8) is 0 Å². The highest BCUT2D eigenvalue weighted by Crippen LogP contribution is 2.16. The molecule has 0 aromatic heterocycles. The summed E-state index contributed by atoms with van der Waals surface area (Å²) in [6, 6.07) is 6.31. The van der Waals surface area contributed by atoms with Gasteiger partial charge in [0.2, 0.25) is 0 Å². The van der Waals surface area contributed by atoms with Crippen LogP contribution < -0.4 is 0 Å². The van der Waals surface area contributed by atoms with E-state index in [-0.39, 0.29) is 11.9 Å². The van der Waals surface area contributed by atoms with Gasteiger partial charge in [-0.1, -0.05) is 29.3 Å². The molecule has 0 saturated carbocycles. The minimum atomic E-state index is -0.162. The van der Waals surface area contributed by atoms with Gasteiger partial charge in [-0.3, -0.25) is 4.79 Å². The van der Waals surface area contributed by atoms with Gasteiger partial charge in [0.1, 0.15) is 6.10 Å². The van der Waals surface area contributed by atoms with Crippen molar-refractivity contribution in [1.29, 1.82) is 0 Å². The maximum absolute atomic E-state index is 12.1. The van der Waals surface area contributed by atoms with Crippen LogP contribution in [0.4, 0.5) is 0 Å². The van der Waals surface area contributed by atoms with Crippen molar-refractivity contribution in [2.24, 2.45) is 0 Å². The summed E-state index contributed by atoms with van der Waals surface area (Å²) in [7, 11) is 0. The molecule has 1 saturated heterocycles. The Kier molecular flexibility index (Phi) is 3.95. The van der Waals surface area contributed by atoms with Crippen molar-refractivity contribution in [1.82, 2.24) is 0 Å². The molecule has 1 unspecified atom stereocenters. The highest BCUT2D eigenvalue weighted by atomic mass is 16.5. The molecular formula is C15H20O2. The Morgan fingerprint density at radius 3 is 2.53 bits per heavy atom. The molecule has 1 heterocycles. The van der Waals surface area contributed by atoms with Crippen molar-refractivity contribution in [3.8, 4) is 0 Å². The quantitative estimate of drug-likeness (QED) is 0.801. The monoisotopic (exact) mass is 232 g/mol. The molecule has 0 N–H and O–H groups in total. The van der Waals surface area contributed by atoms with Gasteiger partial charge in [0.25, 0.3) is 0 Å². The molecule has 1 aliphatic rings. The number of carbonyl (C=O) groups is 1. The van der Waals surface area contributed by atoms with E-state index in [1.54, 1.807) is 0 Å². The van der Waals surface area contributed by atoms with Gasteiger partial charge in [-0.15, -0.1) is 0 Å². The molecule has 1 fully saturated rings. The lowest BCUT2D eigenvalue weighted by Crippen LogP contribution is -2.29. The molecular weight excluding hydrogens is 212 g/mol. The van der Waals surface area contributed by atoms with Gasteiger partial charge in [-0.2, -0.15) is 0 Å². The van der Waals surface area contributed by atoms with Gasteiger partial charge in [0.05, 0.1) is 0 Å². The second-order valence-corrected chi connectivity index (χ2v) is 4.99. The van der Waals surface area contributed by atoms with Crippen LogP contribution in [0.5, 0.6) is 0 Å². The minimum Gasteiger partial charge on any atom is -0.370 e. The molecule has 92 valence electrons. The third-order valence-electron chi connectivity index (χ3n) is 3.20. The van der Waals surface area contributed by atoms with Gasteiger partial charge in [-0.25, -0.2) is 0 Å². The first-order valence-electron chi connectivity index (χ1n) is 6.36. The minimum absolute atomic E-state index is 0.162. The number of Topliss-reactive ketones (excluding diaryl/α,β-unsaturated/α-hetero) is 1. The van der Waals surface area contributed by atoms with Crippen LogP contribution in [0.2, 0.25) is 0 Å². The van der Waals surface area contributed by atoms with Crippen molar-refractivity contribution < 1.29 is 9.53 Å². The first-order chi connectivity index (χ1) is 8.15. The van der Waals surface area contributed by atoms with Crippen LogP contribution >= 0.6 is 0 Å².